The molecule has 0 atom stereocenters. The first kappa shape index (κ1) is 25.0. The monoisotopic (exact) mass is 616 g/mol. The second-order valence-corrected chi connectivity index (χ2v) is 14.6. The maximum Gasteiger partial charge on any atom is 0.0362 e. The molecule has 11 aromatic rings. The van der Waals surface area contributed by atoms with Crippen LogP contribution in [0.1, 0.15) is 0 Å². The average molecular weight is 617 g/mol. The third kappa shape index (κ3) is 3.43. The Labute approximate surface area is 272 Å². The predicted octanol–water partition coefficient (Wildman–Crippen LogP) is 13.8. The van der Waals surface area contributed by atoms with Crippen LogP contribution in [-0.2, 0) is 0 Å². The highest BCUT2D eigenvalue weighted by molar-refractivity contribution is 7.27. The van der Waals surface area contributed by atoms with Crippen LogP contribution in [0.2, 0.25) is 0 Å². The fourth-order valence-electron chi connectivity index (χ4n) is 7.82. The van der Waals surface area contributed by atoms with E-state index in [-0.39, 0.29) is 0 Å². The summed E-state index contributed by atoms with van der Waals surface area (Å²) in [6.07, 6.45) is 0. The summed E-state index contributed by atoms with van der Waals surface area (Å²) in [7, 11) is 0. The normalized spacial score (nSPS) is 12.3. The molecule has 0 spiro atoms. The van der Waals surface area contributed by atoms with E-state index in [0.717, 1.165) is 0 Å². The number of fused-ring (bicyclic) bond motifs is 7. The van der Waals surface area contributed by atoms with Crippen LogP contribution in [0.15, 0.2) is 146 Å². The highest BCUT2D eigenvalue weighted by Gasteiger charge is 2.17. The molecule has 0 saturated heterocycles. The van der Waals surface area contributed by atoms with Crippen molar-refractivity contribution < 1.29 is 0 Å². The fraction of sp³-hybridized carbons (Fsp3) is 0. The van der Waals surface area contributed by atoms with E-state index in [4.69, 9.17) is 0 Å². The average Bonchev–Trinajstić information content (AvgIpc) is 3.66. The van der Waals surface area contributed by atoms with Gasteiger partial charge in [0, 0.05) is 40.3 Å². The summed E-state index contributed by atoms with van der Waals surface area (Å²) in [5.41, 5.74) is 5.12. The Bertz CT molecular complexity index is 3030. The summed E-state index contributed by atoms with van der Waals surface area (Å²) in [5.74, 6) is 0. The summed E-state index contributed by atoms with van der Waals surface area (Å²) in [4.78, 5) is 0. The minimum atomic E-state index is 1.26. The molecule has 212 valence electrons. The number of hydrogen-bond donors (Lipinski definition) is 0. The molecule has 11 rings (SSSR count). The highest BCUT2D eigenvalue weighted by Crippen LogP contribution is 2.45. The second kappa shape index (κ2) is 9.14. The fourth-order valence-corrected chi connectivity index (χ4v) is 10.1. The third-order valence-electron chi connectivity index (χ3n) is 10.0. The van der Waals surface area contributed by atoms with Crippen molar-refractivity contribution in [3.05, 3.63) is 146 Å². The largest absolute Gasteiger partial charge is 0.135 e. The zero-order valence-corrected chi connectivity index (χ0v) is 26.3. The van der Waals surface area contributed by atoms with Gasteiger partial charge in [0.25, 0.3) is 0 Å². The second-order valence-electron chi connectivity index (χ2n) is 12.5. The molecule has 0 radical (unpaired) electrons. The highest BCUT2D eigenvalue weighted by atomic mass is 32.1. The Balaban J connectivity index is 1.13. The lowest BCUT2D eigenvalue weighted by Crippen LogP contribution is -1.89. The van der Waals surface area contributed by atoms with Gasteiger partial charge in [-0.05, 0) is 102 Å². The molecule has 0 aliphatic heterocycles. The summed E-state index contributed by atoms with van der Waals surface area (Å²) >= 11 is 3.81. The van der Waals surface area contributed by atoms with E-state index in [2.05, 4.69) is 146 Å². The lowest BCUT2D eigenvalue weighted by molar-refractivity contribution is 1.69. The topological polar surface area (TPSA) is 0 Å². The molecule has 2 heteroatoms. The van der Waals surface area contributed by atoms with Crippen LogP contribution in [0, 0.1) is 0 Å². The molecule has 2 aromatic heterocycles. The molecular weight excluding hydrogens is 593 g/mol. The maximum atomic E-state index is 2.43. The quantitative estimate of drug-likeness (QED) is 0.170. The summed E-state index contributed by atoms with van der Waals surface area (Å²) in [5, 5.41) is 15.9. The van der Waals surface area contributed by atoms with Gasteiger partial charge in [-0.2, -0.15) is 0 Å². The number of hydrogen-bond acceptors (Lipinski definition) is 2. The Hall–Kier alpha value is -5.28. The third-order valence-corrected chi connectivity index (χ3v) is 12.3. The van der Waals surface area contributed by atoms with Crippen molar-refractivity contribution in [1.29, 1.82) is 0 Å². The van der Waals surface area contributed by atoms with Crippen molar-refractivity contribution in [2.24, 2.45) is 0 Å². The molecule has 0 aliphatic carbocycles. The first-order chi connectivity index (χ1) is 22.8. The summed E-state index contributed by atoms with van der Waals surface area (Å²) < 4.78 is 5.43. The molecular formula is C44H24S2. The zero-order valence-electron chi connectivity index (χ0n) is 24.7. The zero-order chi connectivity index (χ0) is 29.9. The van der Waals surface area contributed by atoms with Crippen LogP contribution in [0.5, 0.6) is 0 Å². The van der Waals surface area contributed by atoms with Crippen molar-refractivity contribution in [3.8, 4) is 22.3 Å². The molecule has 0 N–H and O–H groups in total. The summed E-state index contributed by atoms with van der Waals surface area (Å²) in [6, 6.07) is 54.7. The molecule has 2 heterocycles. The first-order valence-corrected chi connectivity index (χ1v) is 17.4. The van der Waals surface area contributed by atoms with Crippen LogP contribution in [0.3, 0.4) is 0 Å². The molecule has 0 nitrogen and oxygen atoms in total. The van der Waals surface area contributed by atoms with E-state index in [1.165, 1.54) is 106 Å². The molecule has 0 amide bonds. The van der Waals surface area contributed by atoms with Crippen molar-refractivity contribution in [3.63, 3.8) is 0 Å². The molecule has 46 heavy (non-hydrogen) atoms. The van der Waals surface area contributed by atoms with Crippen LogP contribution in [-0.4, -0.2) is 0 Å². The van der Waals surface area contributed by atoms with E-state index in [0.29, 0.717) is 0 Å². The van der Waals surface area contributed by atoms with Crippen LogP contribution in [0.25, 0.3) is 106 Å². The van der Waals surface area contributed by atoms with Crippen molar-refractivity contribution in [2.75, 3.05) is 0 Å². The van der Waals surface area contributed by atoms with Gasteiger partial charge in [0.2, 0.25) is 0 Å². The van der Waals surface area contributed by atoms with Gasteiger partial charge in [0.15, 0.2) is 0 Å². The predicted molar refractivity (Wildman–Crippen MR) is 204 cm³/mol. The minimum Gasteiger partial charge on any atom is -0.135 e. The van der Waals surface area contributed by atoms with Gasteiger partial charge < -0.3 is 0 Å². The lowest BCUT2D eigenvalue weighted by atomic mass is 9.87. The minimum absolute atomic E-state index is 1.26. The standard InChI is InChI=1S/C44H24S2/c1-2-6-28-21-29(10-9-25(28)5-1)31-16-11-26-14-19-35-32(17-12-27-13-18-34(31)43(26)44(27)35)30-15-20-40-36(22-30)38-24-41-37(23-42(38)46-40)33-7-3-4-8-39(33)45-41/h1-24H. The number of benzene rings is 9. The molecule has 9 aromatic carbocycles. The van der Waals surface area contributed by atoms with E-state index in [1.807, 2.05) is 22.7 Å². The van der Waals surface area contributed by atoms with Gasteiger partial charge in [-0.3, -0.25) is 0 Å². The van der Waals surface area contributed by atoms with Gasteiger partial charge in [0.05, 0.1) is 0 Å². The molecule has 0 bridgehead atoms. The number of rotatable bonds is 2. The molecule has 0 aliphatic rings. The number of thiophene rings is 2. The molecule has 0 fully saturated rings. The summed E-state index contributed by atoms with van der Waals surface area (Å²) in [6.45, 7) is 0. The Morgan fingerprint density at radius 1 is 0.283 bits per heavy atom. The van der Waals surface area contributed by atoms with Gasteiger partial charge in [0.1, 0.15) is 0 Å². The lowest BCUT2D eigenvalue weighted by Gasteiger charge is -2.17. The molecule has 0 saturated carbocycles. The van der Waals surface area contributed by atoms with E-state index in [1.54, 1.807) is 0 Å². The van der Waals surface area contributed by atoms with E-state index >= 15 is 0 Å². The van der Waals surface area contributed by atoms with E-state index in [9.17, 15) is 0 Å². The van der Waals surface area contributed by atoms with Crippen LogP contribution in [0.4, 0.5) is 0 Å². The van der Waals surface area contributed by atoms with E-state index < -0.39 is 0 Å². The van der Waals surface area contributed by atoms with Crippen LogP contribution < -0.4 is 0 Å². The SMILES string of the molecule is c1ccc2cc(-c3ccc4ccc5c(-c6ccc7sc8cc9c(cc8c7c6)sc6ccccc69)ccc6ccc3c4c65)ccc2c1. The van der Waals surface area contributed by atoms with Crippen molar-refractivity contribution >= 4 is 106 Å². The van der Waals surface area contributed by atoms with Crippen molar-refractivity contribution in [2.45, 2.75) is 0 Å². The van der Waals surface area contributed by atoms with Gasteiger partial charge >= 0.3 is 0 Å². The van der Waals surface area contributed by atoms with Crippen molar-refractivity contribution in [1.82, 2.24) is 0 Å². The van der Waals surface area contributed by atoms with Gasteiger partial charge in [-0.25, -0.2) is 0 Å². The smallest absolute Gasteiger partial charge is 0.0362 e. The maximum absolute atomic E-state index is 2.43. The molecule has 0 unspecified atom stereocenters. The Morgan fingerprint density at radius 3 is 1.54 bits per heavy atom. The van der Waals surface area contributed by atoms with Gasteiger partial charge in [-0.1, -0.05) is 109 Å². The van der Waals surface area contributed by atoms with Crippen LogP contribution >= 0.6 is 22.7 Å². The Morgan fingerprint density at radius 2 is 0.804 bits per heavy atom. The van der Waals surface area contributed by atoms with Gasteiger partial charge in [-0.15, -0.1) is 22.7 Å². The first-order valence-electron chi connectivity index (χ1n) is 15.7. The Kier molecular flexibility index (Phi) is 4.96.